The number of rotatable bonds is 6. The Bertz CT molecular complexity index is 593. The van der Waals surface area contributed by atoms with E-state index in [1.165, 1.54) is 18.4 Å². The van der Waals surface area contributed by atoms with Crippen LogP contribution in [0.15, 0.2) is 9.85 Å². The minimum atomic E-state index is -0.916. The molecule has 2 rings (SSSR count). The number of carbonyl (C=O) groups is 1. The van der Waals surface area contributed by atoms with Crippen molar-refractivity contribution in [2.75, 3.05) is 7.11 Å². The molecule has 0 aliphatic rings. The van der Waals surface area contributed by atoms with E-state index in [-0.39, 0.29) is 6.42 Å². The number of aromatic nitrogens is 4. The van der Waals surface area contributed by atoms with Crippen molar-refractivity contribution in [1.82, 2.24) is 20.2 Å². The first-order valence-electron chi connectivity index (χ1n) is 5.78. The van der Waals surface area contributed by atoms with Gasteiger partial charge in [-0.1, -0.05) is 0 Å². The quantitative estimate of drug-likeness (QED) is 0.846. The second-order valence-electron chi connectivity index (χ2n) is 4.21. The van der Waals surface area contributed by atoms with Crippen LogP contribution in [0.5, 0.6) is 0 Å². The average molecular weight is 361 g/mol. The van der Waals surface area contributed by atoms with E-state index in [9.17, 15) is 4.79 Å². The molecule has 1 unspecified atom stereocenters. The van der Waals surface area contributed by atoms with Gasteiger partial charge in [-0.15, -0.1) is 16.4 Å². The molecular weight excluding hydrogens is 348 g/mol. The van der Waals surface area contributed by atoms with Gasteiger partial charge in [0.05, 0.1) is 27.7 Å². The number of ether oxygens (including phenoxy) is 1. The maximum Gasteiger partial charge on any atom is 0.306 e. The van der Waals surface area contributed by atoms with Crippen LogP contribution in [0.3, 0.4) is 0 Å². The van der Waals surface area contributed by atoms with Crippen LogP contribution in [0.4, 0.5) is 0 Å². The Morgan fingerprint density at radius 2 is 2.40 bits per heavy atom. The Morgan fingerprint density at radius 1 is 1.65 bits per heavy atom. The van der Waals surface area contributed by atoms with Crippen molar-refractivity contribution in [3.63, 3.8) is 0 Å². The molecule has 0 amide bonds. The van der Waals surface area contributed by atoms with Gasteiger partial charge in [-0.05, 0) is 44.9 Å². The first-order chi connectivity index (χ1) is 9.51. The van der Waals surface area contributed by atoms with E-state index in [2.05, 4.69) is 31.5 Å². The van der Waals surface area contributed by atoms with Crippen LogP contribution >= 0.6 is 27.3 Å². The summed E-state index contributed by atoms with van der Waals surface area (Å²) in [7, 11) is 1.48. The molecule has 2 aromatic rings. The van der Waals surface area contributed by atoms with Crippen molar-refractivity contribution in [2.24, 2.45) is 0 Å². The fourth-order valence-electron chi connectivity index (χ4n) is 1.68. The van der Waals surface area contributed by atoms with Gasteiger partial charge in [0, 0.05) is 7.11 Å². The zero-order chi connectivity index (χ0) is 14.7. The van der Waals surface area contributed by atoms with Crippen molar-refractivity contribution in [2.45, 2.75) is 26.0 Å². The van der Waals surface area contributed by atoms with Gasteiger partial charge < -0.3 is 9.84 Å². The Balaban J connectivity index is 2.22. The summed E-state index contributed by atoms with van der Waals surface area (Å²) in [6, 6.07) is 1.98. The number of tetrazole rings is 1. The molecule has 0 spiro atoms. The smallest absolute Gasteiger partial charge is 0.306 e. The number of halogens is 1. The lowest BCUT2D eigenvalue weighted by atomic mass is 10.2. The number of carboxylic acid groups (broad SMARTS) is 1. The molecule has 1 atom stereocenters. The Morgan fingerprint density at radius 3 is 2.95 bits per heavy atom. The zero-order valence-electron chi connectivity index (χ0n) is 10.9. The molecule has 2 aromatic heterocycles. The molecule has 2 heterocycles. The van der Waals surface area contributed by atoms with Crippen molar-refractivity contribution >= 4 is 33.2 Å². The molecule has 0 aliphatic heterocycles. The summed E-state index contributed by atoms with van der Waals surface area (Å²) in [5.41, 5.74) is 1.10. The van der Waals surface area contributed by atoms with E-state index < -0.39 is 12.1 Å². The largest absolute Gasteiger partial charge is 0.481 e. The molecule has 0 bridgehead atoms. The van der Waals surface area contributed by atoms with E-state index in [0.717, 1.165) is 14.2 Å². The average Bonchev–Trinajstić information content (AvgIpc) is 2.96. The number of carboxylic acids is 1. The lowest BCUT2D eigenvalue weighted by Gasteiger charge is -2.13. The summed E-state index contributed by atoms with van der Waals surface area (Å²) in [5, 5.41) is 20.4. The van der Waals surface area contributed by atoms with Crippen LogP contribution in [0, 0.1) is 6.92 Å². The molecule has 0 aromatic carbocycles. The Kier molecular flexibility index (Phi) is 4.84. The normalized spacial score (nSPS) is 12.6. The van der Waals surface area contributed by atoms with Crippen LogP contribution in [0.1, 0.15) is 12.0 Å². The van der Waals surface area contributed by atoms with E-state index in [1.807, 2.05) is 13.0 Å². The highest BCUT2D eigenvalue weighted by molar-refractivity contribution is 9.11. The third-order valence-corrected chi connectivity index (χ3v) is 4.85. The van der Waals surface area contributed by atoms with Crippen LogP contribution < -0.4 is 0 Å². The van der Waals surface area contributed by atoms with Gasteiger partial charge in [0.2, 0.25) is 0 Å². The number of hydrogen-bond donors (Lipinski definition) is 1. The van der Waals surface area contributed by atoms with Crippen molar-refractivity contribution in [3.05, 3.63) is 15.4 Å². The van der Waals surface area contributed by atoms with Crippen molar-refractivity contribution < 1.29 is 14.6 Å². The van der Waals surface area contributed by atoms with Gasteiger partial charge in [-0.25, -0.2) is 4.68 Å². The fourth-order valence-corrected chi connectivity index (χ4v) is 3.21. The standard InChI is InChI=1S/C11H13BrN4O3S/c1-6-3-8(20-10(6)12)11-13-14-15-16(11)5-7(19-2)4-9(17)18/h3,7H,4-5H2,1-2H3,(H,17,18). The second kappa shape index (κ2) is 6.42. The predicted octanol–water partition coefficient (Wildman–Crippen LogP) is 1.96. The number of methoxy groups -OCH3 is 1. The summed E-state index contributed by atoms with van der Waals surface area (Å²) < 4.78 is 7.74. The number of nitrogens with zero attached hydrogens (tertiary/aromatic N) is 4. The molecular formula is C11H13BrN4O3S. The maximum absolute atomic E-state index is 10.8. The van der Waals surface area contributed by atoms with Gasteiger partial charge in [0.25, 0.3) is 0 Å². The number of hydrogen-bond acceptors (Lipinski definition) is 6. The first kappa shape index (κ1) is 15.1. The number of thiophene rings is 1. The number of aliphatic carboxylic acids is 1. The van der Waals surface area contributed by atoms with Crippen LogP contribution in [-0.4, -0.2) is 44.5 Å². The van der Waals surface area contributed by atoms with Gasteiger partial charge >= 0.3 is 5.97 Å². The highest BCUT2D eigenvalue weighted by Crippen LogP contribution is 2.33. The topological polar surface area (TPSA) is 90.1 Å². The summed E-state index contributed by atoms with van der Waals surface area (Å²) in [5.74, 6) is -0.308. The Hall–Kier alpha value is -1.32. The summed E-state index contributed by atoms with van der Waals surface area (Å²) >= 11 is 4.99. The van der Waals surface area contributed by atoms with Gasteiger partial charge in [-0.2, -0.15) is 0 Å². The van der Waals surface area contributed by atoms with E-state index in [1.54, 1.807) is 4.68 Å². The molecule has 0 radical (unpaired) electrons. The molecule has 20 heavy (non-hydrogen) atoms. The van der Waals surface area contributed by atoms with Crippen molar-refractivity contribution in [3.8, 4) is 10.7 Å². The maximum atomic E-state index is 10.8. The van der Waals surface area contributed by atoms with Crippen molar-refractivity contribution in [1.29, 1.82) is 0 Å². The van der Waals surface area contributed by atoms with Gasteiger partial charge in [0.1, 0.15) is 0 Å². The lowest BCUT2D eigenvalue weighted by Crippen LogP contribution is -2.23. The first-order valence-corrected chi connectivity index (χ1v) is 7.39. The fraction of sp³-hybridized carbons (Fsp3) is 0.455. The molecule has 0 saturated heterocycles. The zero-order valence-corrected chi connectivity index (χ0v) is 13.3. The minimum absolute atomic E-state index is 0.0943. The third kappa shape index (κ3) is 3.41. The van der Waals surface area contributed by atoms with E-state index >= 15 is 0 Å². The van der Waals surface area contributed by atoms with Crippen LogP contribution in [0.25, 0.3) is 10.7 Å². The van der Waals surface area contributed by atoms with Crippen LogP contribution in [0.2, 0.25) is 0 Å². The molecule has 108 valence electrons. The monoisotopic (exact) mass is 360 g/mol. The van der Waals surface area contributed by atoms with E-state index in [4.69, 9.17) is 9.84 Å². The summed E-state index contributed by atoms with van der Waals surface area (Å²) in [4.78, 5) is 11.7. The van der Waals surface area contributed by atoms with Gasteiger partial charge in [-0.3, -0.25) is 4.79 Å². The molecule has 0 saturated carbocycles. The molecule has 9 heteroatoms. The second-order valence-corrected chi connectivity index (χ2v) is 6.58. The third-order valence-electron chi connectivity index (χ3n) is 2.72. The number of aryl methyl sites for hydroxylation is 1. The molecule has 0 fully saturated rings. The van der Waals surface area contributed by atoms with E-state index in [0.29, 0.717) is 12.4 Å². The van der Waals surface area contributed by atoms with Gasteiger partial charge in [0.15, 0.2) is 5.82 Å². The van der Waals surface area contributed by atoms with Crippen LogP contribution in [-0.2, 0) is 16.1 Å². The molecule has 7 nitrogen and oxygen atoms in total. The predicted molar refractivity (Wildman–Crippen MR) is 76.6 cm³/mol. The molecule has 1 N–H and O–H groups in total. The highest BCUT2D eigenvalue weighted by Gasteiger charge is 2.18. The highest BCUT2D eigenvalue weighted by atomic mass is 79.9. The minimum Gasteiger partial charge on any atom is -0.481 e. The Labute approximate surface area is 127 Å². The lowest BCUT2D eigenvalue weighted by molar-refractivity contribution is -0.139. The SMILES string of the molecule is COC(CC(=O)O)Cn1nnnc1-c1cc(C)c(Br)s1. The summed E-state index contributed by atoms with van der Waals surface area (Å²) in [6.45, 7) is 2.28. The summed E-state index contributed by atoms with van der Waals surface area (Å²) in [6.07, 6.45) is -0.567. The molecule has 0 aliphatic carbocycles.